The lowest BCUT2D eigenvalue weighted by Gasteiger charge is -2.14. The summed E-state index contributed by atoms with van der Waals surface area (Å²) in [6.45, 7) is 1.17. The van der Waals surface area contributed by atoms with Gasteiger partial charge in [-0.15, -0.1) is 0 Å². The van der Waals surface area contributed by atoms with Crippen molar-refractivity contribution in [1.82, 2.24) is 0 Å². The van der Waals surface area contributed by atoms with Gasteiger partial charge in [-0.1, -0.05) is 22.0 Å². The fraction of sp³-hybridized carbons (Fsp3) is 0.167. The molecule has 0 heterocycles. The van der Waals surface area contributed by atoms with Crippen molar-refractivity contribution >= 4 is 33.5 Å². The molecule has 0 radical (unpaired) electrons. The van der Waals surface area contributed by atoms with E-state index in [1.807, 2.05) is 12.1 Å². The van der Waals surface area contributed by atoms with Gasteiger partial charge >= 0.3 is 5.97 Å². The van der Waals surface area contributed by atoms with Crippen LogP contribution in [0.1, 0.15) is 12.5 Å². The van der Waals surface area contributed by atoms with Gasteiger partial charge in [-0.2, -0.15) is 5.26 Å². The average Bonchev–Trinajstić information content (AvgIpc) is 2.60. The molecule has 0 saturated carbocycles. The lowest BCUT2D eigenvalue weighted by atomic mass is 10.2. The molecule has 0 aliphatic rings. The van der Waals surface area contributed by atoms with Crippen molar-refractivity contribution in [2.45, 2.75) is 13.0 Å². The highest BCUT2D eigenvalue weighted by molar-refractivity contribution is 9.10. The fourth-order valence-corrected chi connectivity index (χ4v) is 2.23. The number of rotatable bonds is 6. The van der Waals surface area contributed by atoms with Crippen molar-refractivity contribution in [1.29, 1.82) is 5.26 Å². The van der Waals surface area contributed by atoms with E-state index in [0.29, 0.717) is 17.0 Å². The predicted octanol–water partition coefficient (Wildman–Crippen LogP) is 3.27. The number of halogens is 1. The SMILES string of the molecule is C[C@H](OC(=O)COc1cccc(Br)c1)C(=O)Nc1ccc(C#N)cc1. The van der Waals surface area contributed by atoms with E-state index >= 15 is 0 Å². The summed E-state index contributed by atoms with van der Waals surface area (Å²) in [5.41, 5.74) is 0.999. The zero-order valence-electron chi connectivity index (χ0n) is 13.4. The number of ether oxygens (including phenoxy) is 2. The Labute approximate surface area is 153 Å². The third-order valence-electron chi connectivity index (χ3n) is 3.11. The van der Waals surface area contributed by atoms with Crippen LogP contribution < -0.4 is 10.1 Å². The number of anilines is 1. The van der Waals surface area contributed by atoms with Crippen LogP contribution in [0.4, 0.5) is 5.69 Å². The number of benzene rings is 2. The lowest BCUT2D eigenvalue weighted by Crippen LogP contribution is -2.31. The Kier molecular flexibility index (Phi) is 6.54. The van der Waals surface area contributed by atoms with Crippen molar-refractivity contribution < 1.29 is 19.1 Å². The maximum absolute atomic E-state index is 12.0. The van der Waals surface area contributed by atoms with E-state index in [1.165, 1.54) is 6.92 Å². The van der Waals surface area contributed by atoms with Gasteiger partial charge in [0.25, 0.3) is 5.91 Å². The molecule has 2 aromatic carbocycles. The molecule has 0 unspecified atom stereocenters. The highest BCUT2D eigenvalue weighted by Gasteiger charge is 2.18. The molecule has 7 heteroatoms. The van der Waals surface area contributed by atoms with Crippen LogP contribution in [-0.2, 0) is 14.3 Å². The molecule has 6 nitrogen and oxygen atoms in total. The number of nitrogens with one attached hydrogen (secondary N) is 1. The third-order valence-corrected chi connectivity index (χ3v) is 3.61. The van der Waals surface area contributed by atoms with E-state index in [1.54, 1.807) is 42.5 Å². The first-order valence-electron chi connectivity index (χ1n) is 7.37. The van der Waals surface area contributed by atoms with Crippen LogP contribution in [0.5, 0.6) is 5.75 Å². The van der Waals surface area contributed by atoms with Gasteiger partial charge < -0.3 is 14.8 Å². The molecule has 2 rings (SSSR count). The molecule has 0 aromatic heterocycles. The Morgan fingerprint density at radius 3 is 2.60 bits per heavy atom. The minimum Gasteiger partial charge on any atom is -0.482 e. The van der Waals surface area contributed by atoms with Crippen molar-refractivity contribution in [2.75, 3.05) is 11.9 Å². The quantitative estimate of drug-likeness (QED) is 0.748. The second-order valence-electron chi connectivity index (χ2n) is 5.06. The van der Waals surface area contributed by atoms with E-state index in [9.17, 15) is 9.59 Å². The first kappa shape index (κ1) is 18.5. The van der Waals surface area contributed by atoms with Gasteiger partial charge in [-0.05, 0) is 49.4 Å². The Balaban J connectivity index is 1.81. The molecule has 0 saturated heterocycles. The van der Waals surface area contributed by atoms with Crippen molar-refractivity contribution in [3.63, 3.8) is 0 Å². The zero-order valence-corrected chi connectivity index (χ0v) is 14.9. The molecule has 0 aliphatic carbocycles. The lowest BCUT2D eigenvalue weighted by molar-refractivity contribution is -0.155. The van der Waals surface area contributed by atoms with E-state index in [2.05, 4.69) is 21.2 Å². The number of nitriles is 1. The molecule has 0 aliphatic heterocycles. The minimum atomic E-state index is -0.978. The number of esters is 1. The minimum absolute atomic E-state index is 0.301. The predicted molar refractivity (Wildman–Crippen MR) is 95.0 cm³/mol. The summed E-state index contributed by atoms with van der Waals surface area (Å²) in [5.74, 6) is -0.607. The Morgan fingerprint density at radius 2 is 1.96 bits per heavy atom. The summed E-state index contributed by atoms with van der Waals surface area (Å²) in [4.78, 5) is 23.8. The van der Waals surface area contributed by atoms with Crippen molar-refractivity contribution in [2.24, 2.45) is 0 Å². The van der Waals surface area contributed by atoms with Gasteiger partial charge in [-0.3, -0.25) is 4.79 Å². The zero-order chi connectivity index (χ0) is 18.2. The van der Waals surface area contributed by atoms with Gasteiger partial charge in [0.15, 0.2) is 12.7 Å². The van der Waals surface area contributed by atoms with Gasteiger partial charge in [0.1, 0.15) is 5.75 Å². The van der Waals surface area contributed by atoms with E-state index in [0.717, 1.165) is 4.47 Å². The Bertz CT molecular complexity index is 799. The van der Waals surface area contributed by atoms with Gasteiger partial charge in [-0.25, -0.2) is 4.79 Å². The number of nitrogens with zero attached hydrogens (tertiary/aromatic N) is 1. The van der Waals surface area contributed by atoms with Gasteiger partial charge in [0.2, 0.25) is 0 Å². The van der Waals surface area contributed by atoms with Crippen LogP contribution in [0.25, 0.3) is 0 Å². The van der Waals surface area contributed by atoms with Crippen LogP contribution in [0.3, 0.4) is 0 Å². The van der Waals surface area contributed by atoms with Crippen molar-refractivity contribution in [3.05, 3.63) is 58.6 Å². The van der Waals surface area contributed by atoms with Crippen LogP contribution in [0.2, 0.25) is 0 Å². The van der Waals surface area contributed by atoms with Crippen LogP contribution >= 0.6 is 15.9 Å². The number of hydrogen-bond donors (Lipinski definition) is 1. The first-order chi connectivity index (χ1) is 12.0. The van der Waals surface area contributed by atoms with Crippen molar-refractivity contribution in [3.8, 4) is 11.8 Å². The van der Waals surface area contributed by atoms with Crippen LogP contribution in [0.15, 0.2) is 53.0 Å². The smallest absolute Gasteiger partial charge is 0.344 e. The largest absolute Gasteiger partial charge is 0.482 e. The standard InChI is InChI=1S/C18H15BrN2O4/c1-12(18(23)21-15-7-5-13(10-20)6-8-15)25-17(22)11-24-16-4-2-3-14(19)9-16/h2-9,12H,11H2,1H3,(H,21,23)/t12-/m0/s1. The monoisotopic (exact) mass is 402 g/mol. The first-order valence-corrected chi connectivity index (χ1v) is 8.16. The molecule has 1 atom stereocenters. The summed E-state index contributed by atoms with van der Waals surface area (Å²) >= 11 is 3.30. The topological polar surface area (TPSA) is 88.4 Å². The highest BCUT2D eigenvalue weighted by atomic mass is 79.9. The molecule has 2 aromatic rings. The average molecular weight is 403 g/mol. The molecule has 0 spiro atoms. The summed E-state index contributed by atoms with van der Waals surface area (Å²) in [7, 11) is 0. The van der Waals surface area contributed by atoms with Gasteiger partial charge in [0, 0.05) is 10.2 Å². The Morgan fingerprint density at radius 1 is 1.24 bits per heavy atom. The van der Waals surface area contributed by atoms with Crippen LogP contribution in [-0.4, -0.2) is 24.6 Å². The molecular weight excluding hydrogens is 388 g/mol. The van der Waals surface area contributed by atoms with E-state index in [-0.39, 0.29) is 6.61 Å². The fourth-order valence-electron chi connectivity index (χ4n) is 1.86. The second kappa shape index (κ2) is 8.85. The maximum Gasteiger partial charge on any atom is 0.344 e. The van der Waals surface area contributed by atoms with E-state index < -0.39 is 18.0 Å². The number of carbonyl (C=O) groups is 2. The molecule has 0 fully saturated rings. The number of hydrogen-bond acceptors (Lipinski definition) is 5. The normalized spacial score (nSPS) is 11.1. The second-order valence-corrected chi connectivity index (χ2v) is 5.97. The number of carbonyl (C=O) groups excluding carboxylic acids is 2. The van der Waals surface area contributed by atoms with E-state index in [4.69, 9.17) is 14.7 Å². The highest BCUT2D eigenvalue weighted by Crippen LogP contribution is 2.17. The third kappa shape index (κ3) is 5.94. The Hall–Kier alpha value is -2.85. The number of amides is 1. The summed E-state index contributed by atoms with van der Waals surface area (Å²) < 4.78 is 11.2. The summed E-state index contributed by atoms with van der Waals surface area (Å²) in [6.07, 6.45) is -0.978. The van der Waals surface area contributed by atoms with Crippen LogP contribution in [0, 0.1) is 11.3 Å². The maximum atomic E-state index is 12.0. The molecular formula is C18H15BrN2O4. The molecule has 1 amide bonds. The molecule has 0 bridgehead atoms. The van der Waals surface area contributed by atoms with Gasteiger partial charge in [0.05, 0.1) is 11.6 Å². The molecule has 25 heavy (non-hydrogen) atoms. The summed E-state index contributed by atoms with van der Waals surface area (Å²) in [6, 6.07) is 15.4. The summed E-state index contributed by atoms with van der Waals surface area (Å²) in [5, 5.41) is 11.3. The molecule has 128 valence electrons. The molecule has 1 N–H and O–H groups in total.